The molecule has 0 aliphatic heterocycles. The predicted molar refractivity (Wildman–Crippen MR) is 76.4 cm³/mol. The molecule has 2 N–H and O–H groups in total. The van der Waals surface area contributed by atoms with Crippen LogP contribution >= 0.6 is 22.6 Å². The number of rotatable bonds is 4. The smallest absolute Gasteiger partial charge is 0.167 e. The van der Waals surface area contributed by atoms with E-state index in [-0.39, 0.29) is 5.75 Å². The minimum absolute atomic E-state index is 0.201. The van der Waals surface area contributed by atoms with Gasteiger partial charge in [0.25, 0.3) is 0 Å². The first-order chi connectivity index (χ1) is 8.61. The minimum Gasteiger partial charge on any atom is -0.490 e. The lowest BCUT2D eigenvalue weighted by molar-refractivity contribution is 0.301. The molecular formula is C12H13FIN3O. The van der Waals surface area contributed by atoms with E-state index in [9.17, 15) is 4.39 Å². The summed E-state index contributed by atoms with van der Waals surface area (Å²) in [6, 6.07) is 2.83. The molecule has 0 bridgehead atoms. The van der Waals surface area contributed by atoms with E-state index in [1.165, 1.54) is 6.07 Å². The molecule has 0 radical (unpaired) electrons. The van der Waals surface area contributed by atoms with Crippen molar-refractivity contribution in [1.82, 2.24) is 9.78 Å². The second-order valence-electron chi connectivity index (χ2n) is 3.79. The Morgan fingerprint density at radius 2 is 2.28 bits per heavy atom. The Bertz CT molecular complexity index is 556. The lowest BCUT2D eigenvalue weighted by Crippen LogP contribution is -2.04. The molecule has 0 fully saturated rings. The maximum absolute atomic E-state index is 13.6. The van der Waals surface area contributed by atoms with Crippen LogP contribution in [0.1, 0.15) is 13.3 Å². The van der Waals surface area contributed by atoms with Crippen molar-refractivity contribution < 1.29 is 9.13 Å². The number of nitrogen functional groups attached to an aromatic ring is 1. The van der Waals surface area contributed by atoms with Crippen LogP contribution in [-0.4, -0.2) is 16.4 Å². The van der Waals surface area contributed by atoms with E-state index in [4.69, 9.17) is 10.5 Å². The molecule has 0 aliphatic rings. The van der Waals surface area contributed by atoms with Crippen LogP contribution in [0.5, 0.6) is 5.75 Å². The van der Waals surface area contributed by atoms with Gasteiger partial charge in [0, 0.05) is 18.3 Å². The van der Waals surface area contributed by atoms with Gasteiger partial charge in [0.15, 0.2) is 11.6 Å². The van der Waals surface area contributed by atoms with Crippen molar-refractivity contribution in [3.63, 3.8) is 0 Å². The van der Waals surface area contributed by atoms with E-state index in [0.29, 0.717) is 18.0 Å². The van der Waals surface area contributed by atoms with Gasteiger partial charge in [-0.25, -0.2) is 9.07 Å². The van der Waals surface area contributed by atoms with Crippen molar-refractivity contribution in [3.05, 3.63) is 33.9 Å². The van der Waals surface area contributed by atoms with Crippen LogP contribution in [0.4, 0.5) is 10.1 Å². The average molecular weight is 361 g/mol. The maximum Gasteiger partial charge on any atom is 0.167 e. The highest BCUT2D eigenvalue weighted by molar-refractivity contribution is 14.1. The molecule has 96 valence electrons. The highest BCUT2D eigenvalue weighted by Crippen LogP contribution is 2.27. The number of halogens is 2. The van der Waals surface area contributed by atoms with Crippen LogP contribution in [0, 0.1) is 9.39 Å². The maximum atomic E-state index is 13.6. The van der Waals surface area contributed by atoms with Crippen LogP contribution < -0.4 is 10.5 Å². The molecule has 0 spiro atoms. The summed E-state index contributed by atoms with van der Waals surface area (Å²) in [6.07, 6.45) is 4.34. The summed E-state index contributed by atoms with van der Waals surface area (Å²) in [5.74, 6) is -0.252. The van der Waals surface area contributed by atoms with Crippen LogP contribution in [0.15, 0.2) is 24.5 Å². The monoisotopic (exact) mass is 361 g/mol. The standard InChI is InChI=1S/C12H13FIN3O/c1-2-3-18-12-5-11(10(15)4-9(12)13)17-7-8(14)6-16-17/h4-7H,2-3,15H2,1H3. The van der Waals surface area contributed by atoms with Crippen molar-refractivity contribution in [2.24, 2.45) is 0 Å². The molecule has 0 unspecified atom stereocenters. The van der Waals surface area contributed by atoms with E-state index < -0.39 is 5.82 Å². The van der Waals surface area contributed by atoms with Crippen LogP contribution in [0.25, 0.3) is 5.69 Å². The molecule has 4 nitrogen and oxygen atoms in total. The molecule has 1 aromatic carbocycles. The highest BCUT2D eigenvalue weighted by Gasteiger charge is 2.11. The third-order valence-electron chi connectivity index (χ3n) is 2.34. The molecule has 0 saturated carbocycles. The molecule has 0 atom stereocenters. The van der Waals surface area contributed by atoms with Crippen molar-refractivity contribution in [3.8, 4) is 11.4 Å². The van der Waals surface area contributed by atoms with Gasteiger partial charge in [-0.3, -0.25) is 0 Å². The Morgan fingerprint density at radius 1 is 1.50 bits per heavy atom. The van der Waals surface area contributed by atoms with E-state index >= 15 is 0 Å². The zero-order chi connectivity index (χ0) is 13.1. The molecule has 1 heterocycles. The SMILES string of the molecule is CCCOc1cc(-n2cc(I)cn2)c(N)cc1F. The number of nitrogens with zero attached hydrogens (tertiary/aromatic N) is 2. The van der Waals surface area contributed by atoms with Crippen LogP contribution in [0.3, 0.4) is 0 Å². The van der Waals surface area contributed by atoms with Gasteiger partial charge in [0.1, 0.15) is 0 Å². The first kappa shape index (κ1) is 13.1. The van der Waals surface area contributed by atoms with Gasteiger partial charge >= 0.3 is 0 Å². The van der Waals surface area contributed by atoms with Crippen molar-refractivity contribution in [2.45, 2.75) is 13.3 Å². The molecule has 0 aliphatic carbocycles. The Balaban J connectivity index is 2.41. The first-order valence-corrected chi connectivity index (χ1v) is 6.62. The molecule has 0 amide bonds. The third kappa shape index (κ3) is 2.74. The third-order valence-corrected chi connectivity index (χ3v) is 2.90. The summed E-state index contributed by atoms with van der Waals surface area (Å²) >= 11 is 2.15. The van der Waals surface area contributed by atoms with E-state index in [2.05, 4.69) is 27.7 Å². The number of anilines is 1. The van der Waals surface area contributed by atoms with E-state index in [1.54, 1.807) is 16.9 Å². The molecule has 1 aromatic heterocycles. The fourth-order valence-corrected chi connectivity index (χ4v) is 1.90. The van der Waals surface area contributed by atoms with Gasteiger partial charge in [-0.1, -0.05) is 6.92 Å². The zero-order valence-corrected chi connectivity index (χ0v) is 12.0. The normalized spacial score (nSPS) is 10.6. The summed E-state index contributed by atoms with van der Waals surface area (Å²) in [7, 11) is 0. The fraction of sp³-hybridized carbons (Fsp3) is 0.250. The molecule has 2 rings (SSSR count). The quantitative estimate of drug-likeness (QED) is 0.673. The van der Waals surface area contributed by atoms with Gasteiger partial charge in [0.05, 0.1) is 27.7 Å². The lowest BCUT2D eigenvalue weighted by Gasteiger charge is -2.11. The number of hydrogen-bond acceptors (Lipinski definition) is 3. The fourth-order valence-electron chi connectivity index (χ4n) is 1.51. The van der Waals surface area contributed by atoms with Crippen molar-refractivity contribution in [2.75, 3.05) is 12.3 Å². The summed E-state index contributed by atoms with van der Waals surface area (Å²) in [5.41, 5.74) is 6.75. The van der Waals surface area contributed by atoms with Gasteiger partial charge < -0.3 is 10.5 Å². The molecular weight excluding hydrogens is 348 g/mol. The first-order valence-electron chi connectivity index (χ1n) is 5.54. The lowest BCUT2D eigenvalue weighted by atomic mass is 10.2. The topological polar surface area (TPSA) is 53.1 Å². The number of hydrogen-bond donors (Lipinski definition) is 1. The predicted octanol–water partition coefficient (Wildman–Crippen LogP) is 2.99. The van der Waals surface area contributed by atoms with Gasteiger partial charge in [-0.15, -0.1) is 0 Å². The number of benzene rings is 1. The second kappa shape index (κ2) is 5.55. The Morgan fingerprint density at radius 3 is 2.89 bits per heavy atom. The molecule has 2 aromatic rings. The van der Waals surface area contributed by atoms with Gasteiger partial charge in [0.2, 0.25) is 0 Å². The average Bonchev–Trinajstić information content (AvgIpc) is 2.74. The van der Waals surface area contributed by atoms with Crippen LogP contribution in [-0.2, 0) is 0 Å². The minimum atomic E-state index is -0.452. The van der Waals surface area contributed by atoms with E-state index in [1.807, 2.05) is 13.1 Å². The summed E-state index contributed by atoms with van der Waals surface area (Å²) < 4.78 is 21.6. The Hall–Kier alpha value is -1.31. The van der Waals surface area contributed by atoms with Crippen molar-refractivity contribution >= 4 is 28.3 Å². The zero-order valence-electron chi connectivity index (χ0n) is 9.86. The number of nitrogens with two attached hydrogens (primary N) is 1. The van der Waals surface area contributed by atoms with Gasteiger partial charge in [-0.2, -0.15) is 5.10 Å². The summed E-state index contributed by atoms with van der Waals surface area (Å²) in [4.78, 5) is 0. The van der Waals surface area contributed by atoms with Gasteiger partial charge in [-0.05, 0) is 29.0 Å². The Kier molecular flexibility index (Phi) is 4.05. The molecule has 0 saturated heterocycles. The second-order valence-corrected chi connectivity index (χ2v) is 5.04. The summed E-state index contributed by atoms with van der Waals surface area (Å²) in [6.45, 7) is 2.43. The number of ether oxygens (including phenoxy) is 1. The molecule has 6 heteroatoms. The van der Waals surface area contributed by atoms with E-state index in [0.717, 1.165) is 9.99 Å². The highest BCUT2D eigenvalue weighted by atomic mass is 127. The summed E-state index contributed by atoms with van der Waals surface area (Å²) in [5, 5.41) is 4.15. The molecule has 18 heavy (non-hydrogen) atoms. The number of aromatic nitrogens is 2. The van der Waals surface area contributed by atoms with Crippen molar-refractivity contribution in [1.29, 1.82) is 0 Å². The largest absolute Gasteiger partial charge is 0.490 e. The Labute approximate surface area is 118 Å². The van der Waals surface area contributed by atoms with Crippen LogP contribution in [0.2, 0.25) is 0 Å².